The summed E-state index contributed by atoms with van der Waals surface area (Å²) in [5.41, 5.74) is 4.68. The number of carbonyl (C=O) groups is 2. The van der Waals surface area contributed by atoms with Crippen molar-refractivity contribution in [3.05, 3.63) is 70.4 Å². The van der Waals surface area contributed by atoms with Gasteiger partial charge in [-0.15, -0.1) is 0 Å². The highest BCUT2D eigenvalue weighted by atomic mass is 32.2. The van der Waals surface area contributed by atoms with Gasteiger partial charge in [-0.25, -0.2) is 13.2 Å². The number of carboxylic acids is 1. The number of hydrogen-bond donors (Lipinski definition) is 2. The van der Waals surface area contributed by atoms with E-state index in [4.69, 9.17) is 0 Å². The van der Waals surface area contributed by atoms with Crippen LogP contribution in [0.1, 0.15) is 77.3 Å². The SMILES string of the molecule is O=C(O)c1c2c(nc3ccc(S(=O)(=O)N4CCC(C(=O)NC5CCCc6ccccc65)CC4)cc13)CCCC2. The third-order valence-corrected chi connectivity index (χ3v) is 10.5. The maximum absolute atomic E-state index is 13.6. The molecule has 8 nitrogen and oxygen atoms in total. The quantitative estimate of drug-likeness (QED) is 0.489. The van der Waals surface area contributed by atoms with Crippen LogP contribution in [0.5, 0.6) is 0 Å². The molecule has 1 aliphatic heterocycles. The number of pyridine rings is 1. The number of carbonyl (C=O) groups excluding carboxylic acids is 1. The van der Waals surface area contributed by atoms with E-state index >= 15 is 0 Å². The van der Waals surface area contributed by atoms with Gasteiger partial charge in [0.15, 0.2) is 0 Å². The molecular formula is C30H33N3O5S. The minimum absolute atomic E-state index is 0.00426. The second-order valence-corrected chi connectivity index (χ2v) is 12.9. The highest BCUT2D eigenvalue weighted by molar-refractivity contribution is 7.89. The molecule has 9 heteroatoms. The Bertz CT molecular complexity index is 1560. The molecule has 1 saturated heterocycles. The number of nitrogens with zero attached hydrogens (tertiary/aromatic N) is 2. The Morgan fingerprint density at radius 2 is 1.72 bits per heavy atom. The molecule has 1 unspecified atom stereocenters. The summed E-state index contributed by atoms with van der Waals surface area (Å²) in [5, 5.41) is 13.6. The Morgan fingerprint density at radius 1 is 0.949 bits per heavy atom. The number of nitrogens with one attached hydrogen (secondary N) is 1. The zero-order valence-corrected chi connectivity index (χ0v) is 22.7. The zero-order valence-electron chi connectivity index (χ0n) is 21.9. The minimum Gasteiger partial charge on any atom is -0.478 e. The van der Waals surface area contributed by atoms with Gasteiger partial charge in [-0.1, -0.05) is 24.3 Å². The van der Waals surface area contributed by atoms with Gasteiger partial charge in [0.25, 0.3) is 0 Å². The highest BCUT2D eigenvalue weighted by Crippen LogP contribution is 2.33. The van der Waals surface area contributed by atoms with Crippen molar-refractivity contribution in [2.45, 2.75) is 68.7 Å². The van der Waals surface area contributed by atoms with Gasteiger partial charge < -0.3 is 10.4 Å². The number of aryl methyl sites for hydroxylation is 2. The molecule has 1 amide bonds. The van der Waals surface area contributed by atoms with Crippen LogP contribution in [0.3, 0.4) is 0 Å². The third kappa shape index (κ3) is 4.82. The van der Waals surface area contributed by atoms with Crippen molar-refractivity contribution in [3.63, 3.8) is 0 Å². The van der Waals surface area contributed by atoms with Gasteiger partial charge in [-0.2, -0.15) is 4.31 Å². The summed E-state index contributed by atoms with van der Waals surface area (Å²) < 4.78 is 28.6. The van der Waals surface area contributed by atoms with Crippen LogP contribution in [0.25, 0.3) is 10.9 Å². The van der Waals surface area contributed by atoms with Gasteiger partial charge >= 0.3 is 5.97 Å². The standard InChI is InChI=1S/C30H33N3O5S/c34-29(32-25-11-5-7-19-6-1-2-8-22(19)25)20-14-16-33(17-15-20)39(37,38)21-12-13-27-24(18-21)28(30(35)36)23-9-3-4-10-26(23)31-27/h1-2,6,8,12-13,18,20,25H,3-5,7,9-11,14-17H2,(H,32,34)(H,35,36). The van der Waals surface area contributed by atoms with E-state index in [-0.39, 0.29) is 41.4 Å². The topological polar surface area (TPSA) is 117 Å². The lowest BCUT2D eigenvalue weighted by atomic mass is 9.87. The molecule has 0 spiro atoms. The van der Waals surface area contributed by atoms with Crippen molar-refractivity contribution in [1.82, 2.24) is 14.6 Å². The van der Waals surface area contributed by atoms with E-state index < -0.39 is 16.0 Å². The van der Waals surface area contributed by atoms with Gasteiger partial charge in [0.2, 0.25) is 15.9 Å². The number of aromatic carboxylic acids is 1. The monoisotopic (exact) mass is 547 g/mol. The van der Waals surface area contributed by atoms with Crippen molar-refractivity contribution >= 4 is 32.8 Å². The van der Waals surface area contributed by atoms with Crippen LogP contribution >= 0.6 is 0 Å². The lowest BCUT2D eigenvalue weighted by molar-refractivity contribution is -0.127. The smallest absolute Gasteiger partial charge is 0.336 e. The highest BCUT2D eigenvalue weighted by Gasteiger charge is 2.34. The van der Waals surface area contributed by atoms with Crippen LogP contribution in [0.2, 0.25) is 0 Å². The van der Waals surface area contributed by atoms with Crippen molar-refractivity contribution in [2.75, 3.05) is 13.1 Å². The Hall–Kier alpha value is -3.30. The zero-order chi connectivity index (χ0) is 27.1. The number of benzene rings is 2. The molecule has 39 heavy (non-hydrogen) atoms. The molecule has 0 bridgehead atoms. The third-order valence-electron chi connectivity index (χ3n) is 8.60. The fraction of sp³-hybridized carbons (Fsp3) is 0.433. The molecule has 0 saturated carbocycles. The summed E-state index contributed by atoms with van der Waals surface area (Å²) in [4.78, 5) is 30.1. The van der Waals surface area contributed by atoms with Gasteiger partial charge in [-0.05, 0) is 92.7 Å². The summed E-state index contributed by atoms with van der Waals surface area (Å²) in [5.74, 6) is -1.31. The fourth-order valence-corrected chi connectivity index (χ4v) is 8.00. The molecule has 3 aromatic rings. The maximum atomic E-state index is 13.6. The average Bonchev–Trinajstić information content (AvgIpc) is 2.95. The minimum atomic E-state index is -3.85. The molecular weight excluding hydrogens is 514 g/mol. The second kappa shape index (κ2) is 10.4. The first-order chi connectivity index (χ1) is 18.8. The fourth-order valence-electron chi connectivity index (χ4n) is 6.51. The number of hydrogen-bond acceptors (Lipinski definition) is 5. The lowest BCUT2D eigenvalue weighted by Crippen LogP contribution is -2.44. The summed E-state index contributed by atoms with van der Waals surface area (Å²) in [6, 6.07) is 12.8. The molecule has 1 aromatic heterocycles. The van der Waals surface area contributed by atoms with Gasteiger partial charge in [-0.3, -0.25) is 9.78 Å². The maximum Gasteiger partial charge on any atom is 0.336 e. The molecule has 204 valence electrons. The largest absolute Gasteiger partial charge is 0.478 e. The summed E-state index contributed by atoms with van der Waals surface area (Å²) >= 11 is 0. The molecule has 2 N–H and O–H groups in total. The molecule has 2 aliphatic carbocycles. The number of piperidine rings is 1. The van der Waals surface area contributed by atoms with Crippen LogP contribution < -0.4 is 5.32 Å². The van der Waals surface area contributed by atoms with Gasteiger partial charge in [0, 0.05) is 30.1 Å². The van der Waals surface area contributed by atoms with E-state index in [1.54, 1.807) is 6.07 Å². The van der Waals surface area contributed by atoms with Crippen molar-refractivity contribution in [1.29, 1.82) is 0 Å². The number of aromatic nitrogens is 1. The second-order valence-electron chi connectivity index (χ2n) is 10.9. The van der Waals surface area contributed by atoms with Crippen LogP contribution in [0, 0.1) is 5.92 Å². The number of fused-ring (bicyclic) bond motifs is 3. The number of amides is 1. The van der Waals surface area contributed by atoms with Crippen LogP contribution in [0.15, 0.2) is 47.4 Å². The van der Waals surface area contributed by atoms with Crippen LogP contribution in [0.4, 0.5) is 0 Å². The molecule has 1 atom stereocenters. The molecule has 3 aliphatic rings. The first kappa shape index (κ1) is 26.0. The molecule has 6 rings (SSSR count). The molecule has 2 aromatic carbocycles. The first-order valence-corrected chi connectivity index (χ1v) is 15.3. The van der Waals surface area contributed by atoms with E-state index in [1.165, 1.54) is 27.6 Å². The summed E-state index contributed by atoms with van der Waals surface area (Å²) in [6.07, 6.45) is 7.11. The lowest BCUT2D eigenvalue weighted by Gasteiger charge is -2.32. The van der Waals surface area contributed by atoms with E-state index in [9.17, 15) is 23.1 Å². The van der Waals surface area contributed by atoms with E-state index in [0.29, 0.717) is 30.2 Å². The molecule has 2 heterocycles. The van der Waals surface area contributed by atoms with Crippen LogP contribution in [-0.2, 0) is 34.1 Å². The van der Waals surface area contributed by atoms with Crippen LogP contribution in [-0.4, -0.2) is 47.8 Å². The van der Waals surface area contributed by atoms with E-state index in [1.807, 2.05) is 12.1 Å². The molecule has 0 radical (unpaired) electrons. The number of sulfonamides is 1. The average molecular weight is 548 g/mol. The first-order valence-electron chi connectivity index (χ1n) is 13.9. The van der Waals surface area contributed by atoms with Gasteiger partial charge in [0.05, 0.1) is 22.0 Å². The number of carboxylic acid groups (broad SMARTS) is 1. The van der Waals surface area contributed by atoms with Crippen molar-refractivity contribution in [3.8, 4) is 0 Å². The Morgan fingerprint density at radius 3 is 2.51 bits per heavy atom. The summed E-state index contributed by atoms with van der Waals surface area (Å²) in [7, 11) is -3.85. The van der Waals surface area contributed by atoms with E-state index in [0.717, 1.165) is 49.8 Å². The summed E-state index contributed by atoms with van der Waals surface area (Å²) in [6.45, 7) is 0.488. The van der Waals surface area contributed by atoms with Gasteiger partial charge in [0.1, 0.15) is 0 Å². The van der Waals surface area contributed by atoms with Crippen molar-refractivity contribution in [2.24, 2.45) is 5.92 Å². The molecule has 1 fully saturated rings. The predicted molar refractivity (Wildman–Crippen MR) is 147 cm³/mol. The Kier molecular flexibility index (Phi) is 6.89. The van der Waals surface area contributed by atoms with Crippen molar-refractivity contribution < 1.29 is 23.1 Å². The predicted octanol–water partition coefficient (Wildman–Crippen LogP) is 4.41. The Labute approximate surface area is 228 Å². The number of rotatable bonds is 5. The Balaban J connectivity index is 1.18. The normalized spacial score (nSPS) is 20.3. The van der Waals surface area contributed by atoms with E-state index in [2.05, 4.69) is 22.4 Å².